The molecule has 39 heavy (non-hydrogen) atoms. The van der Waals surface area contributed by atoms with Crippen molar-refractivity contribution in [1.82, 2.24) is 9.97 Å². The van der Waals surface area contributed by atoms with Gasteiger partial charge in [0, 0.05) is 31.9 Å². The van der Waals surface area contributed by atoms with E-state index in [1.807, 2.05) is 28.0 Å². The molecule has 1 aliphatic rings. The Bertz CT molecular complexity index is 1320. The summed E-state index contributed by atoms with van der Waals surface area (Å²) in [6.07, 6.45) is 0.596. The number of nitriles is 1. The van der Waals surface area contributed by atoms with Crippen LogP contribution in [0.25, 0.3) is 11.0 Å². The van der Waals surface area contributed by atoms with Crippen LogP contribution >= 0.6 is 0 Å². The summed E-state index contributed by atoms with van der Waals surface area (Å²) in [6.45, 7) is 4.11. The Morgan fingerprint density at radius 1 is 0.974 bits per heavy atom. The van der Waals surface area contributed by atoms with Crippen molar-refractivity contribution in [2.75, 3.05) is 42.6 Å². The maximum absolute atomic E-state index is 13.2. The molecule has 0 spiro atoms. The minimum Gasteiger partial charge on any atom is -0.464 e. The standard InChI is InChI=1S/C29H32F3N5O2/c1-2-3-4-5-8-18-39-28(38)23(20-33)26-27(35-25-13-7-6-12-24(25)34-26)37-16-14-36(15-17-37)22-11-9-10-21(19-22)29(30,31)32/h6-7,9-13,19,23H,2-5,8,14-18H2,1H3. The minimum absolute atomic E-state index is 0.236. The predicted molar refractivity (Wildman–Crippen MR) is 143 cm³/mol. The average Bonchev–Trinajstić information content (AvgIpc) is 2.94. The third-order valence-corrected chi connectivity index (χ3v) is 6.83. The van der Waals surface area contributed by atoms with Gasteiger partial charge in [-0.2, -0.15) is 18.4 Å². The monoisotopic (exact) mass is 539 g/mol. The molecule has 0 N–H and O–H groups in total. The third kappa shape index (κ3) is 6.96. The molecule has 1 atom stereocenters. The van der Waals surface area contributed by atoms with E-state index in [0.29, 0.717) is 48.7 Å². The second-order valence-corrected chi connectivity index (χ2v) is 9.59. The number of halogens is 3. The highest BCUT2D eigenvalue weighted by Gasteiger charge is 2.33. The van der Waals surface area contributed by atoms with E-state index in [1.54, 1.807) is 12.1 Å². The quantitative estimate of drug-likeness (QED) is 0.228. The topological polar surface area (TPSA) is 82.3 Å². The maximum atomic E-state index is 13.2. The van der Waals surface area contributed by atoms with E-state index in [-0.39, 0.29) is 12.3 Å². The number of alkyl halides is 3. The van der Waals surface area contributed by atoms with E-state index in [0.717, 1.165) is 44.2 Å². The fourth-order valence-corrected chi connectivity index (χ4v) is 4.67. The Labute approximate surface area is 226 Å². The van der Waals surface area contributed by atoms with Crippen molar-refractivity contribution < 1.29 is 22.7 Å². The Hall–Kier alpha value is -3.87. The Morgan fingerprint density at radius 3 is 2.31 bits per heavy atom. The van der Waals surface area contributed by atoms with Gasteiger partial charge < -0.3 is 14.5 Å². The molecule has 1 unspecified atom stereocenters. The van der Waals surface area contributed by atoms with Gasteiger partial charge in [-0.3, -0.25) is 4.79 Å². The maximum Gasteiger partial charge on any atom is 0.416 e. The summed E-state index contributed by atoms with van der Waals surface area (Å²) < 4.78 is 45.1. The van der Waals surface area contributed by atoms with Gasteiger partial charge in [0.15, 0.2) is 11.7 Å². The lowest BCUT2D eigenvalue weighted by atomic mass is 10.1. The molecule has 1 aromatic heterocycles. The number of anilines is 2. The number of esters is 1. The number of fused-ring (bicyclic) bond motifs is 1. The molecule has 0 bridgehead atoms. The van der Waals surface area contributed by atoms with Crippen molar-refractivity contribution in [2.45, 2.75) is 51.1 Å². The zero-order chi connectivity index (χ0) is 27.8. The third-order valence-electron chi connectivity index (χ3n) is 6.83. The summed E-state index contributed by atoms with van der Waals surface area (Å²) in [5.41, 5.74) is 1.22. The molecule has 1 saturated heterocycles. The number of unbranched alkanes of at least 4 members (excludes halogenated alkanes) is 4. The Kier molecular flexibility index (Phi) is 9.23. The molecule has 206 valence electrons. The van der Waals surface area contributed by atoms with Crippen LogP contribution in [0.1, 0.15) is 56.2 Å². The van der Waals surface area contributed by atoms with Crippen LogP contribution in [0, 0.1) is 11.3 Å². The van der Waals surface area contributed by atoms with Crippen LogP contribution < -0.4 is 9.80 Å². The minimum atomic E-state index is -4.41. The molecular formula is C29H32F3N5O2. The summed E-state index contributed by atoms with van der Waals surface area (Å²) in [7, 11) is 0. The fraction of sp³-hybridized carbons (Fsp3) is 0.448. The highest BCUT2D eigenvalue weighted by Crippen LogP contribution is 2.33. The van der Waals surface area contributed by atoms with E-state index in [4.69, 9.17) is 9.72 Å². The molecule has 7 nitrogen and oxygen atoms in total. The first kappa shape index (κ1) is 28.1. The molecular weight excluding hydrogens is 507 g/mol. The molecule has 1 fully saturated rings. The van der Waals surface area contributed by atoms with E-state index in [2.05, 4.69) is 18.0 Å². The number of rotatable bonds is 10. The van der Waals surface area contributed by atoms with Crippen molar-refractivity contribution in [3.63, 3.8) is 0 Å². The van der Waals surface area contributed by atoms with Gasteiger partial charge in [-0.1, -0.05) is 50.8 Å². The van der Waals surface area contributed by atoms with Crippen molar-refractivity contribution in [3.05, 3.63) is 59.8 Å². The molecule has 0 saturated carbocycles. The summed E-state index contributed by atoms with van der Waals surface area (Å²) in [5, 5.41) is 9.96. The lowest BCUT2D eigenvalue weighted by molar-refractivity contribution is -0.144. The van der Waals surface area contributed by atoms with Gasteiger partial charge in [-0.25, -0.2) is 9.97 Å². The number of carbonyl (C=O) groups is 1. The van der Waals surface area contributed by atoms with E-state index in [9.17, 15) is 23.2 Å². The first-order valence-electron chi connectivity index (χ1n) is 13.3. The Balaban J connectivity index is 1.53. The molecule has 0 aliphatic carbocycles. The lowest BCUT2D eigenvalue weighted by Gasteiger charge is -2.37. The van der Waals surface area contributed by atoms with Crippen LogP contribution in [0.5, 0.6) is 0 Å². The van der Waals surface area contributed by atoms with E-state index >= 15 is 0 Å². The molecule has 2 heterocycles. The van der Waals surface area contributed by atoms with E-state index < -0.39 is 23.6 Å². The molecule has 3 aromatic rings. The number of benzene rings is 2. The number of carbonyl (C=O) groups excluding carboxylic acids is 1. The summed E-state index contributed by atoms with van der Waals surface area (Å²) >= 11 is 0. The SMILES string of the molecule is CCCCCCCOC(=O)C(C#N)c1nc2ccccc2nc1N1CCN(c2cccc(C(F)(F)F)c2)CC1. The number of para-hydroxylation sites is 2. The first-order chi connectivity index (χ1) is 18.8. The highest BCUT2D eigenvalue weighted by atomic mass is 19.4. The zero-order valence-electron chi connectivity index (χ0n) is 22.0. The van der Waals surface area contributed by atoms with E-state index in [1.165, 1.54) is 6.07 Å². The molecule has 10 heteroatoms. The van der Waals surface area contributed by atoms with Crippen molar-refractivity contribution in [1.29, 1.82) is 5.26 Å². The largest absolute Gasteiger partial charge is 0.464 e. The number of piperazine rings is 1. The smallest absolute Gasteiger partial charge is 0.416 e. The van der Waals surface area contributed by atoms with Gasteiger partial charge in [0.1, 0.15) is 5.69 Å². The van der Waals surface area contributed by atoms with Crippen LogP contribution in [0.4, 0.5) is 24.7 Å². The second kappa shape index (κ2) is 12.8. The van der Waals surface area contributed by atoms with Gasteiger partial charge in [-0.15, -0.1) is 0 Å². The van der Waals surface area contributed by atoms with Crippen LogP contribution in [-0.2, 0) is 15.7 Å². The number of nitrogens with zero attached hydrogens (tertiary/aromatic N) is 5. The van der Waals surface area contributed by atoms with Crippen LogP contribution in [0.2, 0.25) is 0 Å². The molecule has 2 aromatic carbocycles. The van der Waals surface area contributed by atoms with Gasteiger partial charge >= 0.3 is 12.1 Å². The molecule has 1 aliphatic heterocycles. The number of aromatic nitrogens is 2. The molecule has 0 amide bonds. The fourth-order valence-electron chi connectivity index (χ4n) is 4.67. The van der Waals surface area contributed by atoms with Gasteiger partial charge in [0.05, 0.1) is 29.3 Å². The van der Waals surface area contributed by atoms with Crippen LogP contribution in [0.15, 0.2) is 48.5 Å². The van der Waals surface area contributed by atoms with Crippen molar-refractivity contribution >= 4 is 28.5 Å². The van der Waals surface area contributed by atoms with Gasteiger partial charge in [0.2, 0.25) is 0 Å². The number of ether oxygens (including phenoxy) is 1. The van der Waals surface area contributed by atoms with Crippen LogP contribution in [0.3, 0.4) is 0 Å². The number of hydrogen-bond donors (Lipinski definition) is 0. The summed E-state index contributed by atoms with van der Waals surface area (Å²) in [5.74, 6) is -1.47. The number of hydrogen-bond acceptors (Lipinski definition) is 7. The lowest BCUT2D eigenvalue weighted by Crippen LogP contribution is -2.47. The first-order valence-corrected chi connectivity index (χ1v) is 13.3. The normalized spacial score (nSPS) is 14.7. The van der Waals surface area contributed by atoms with Crippen LogP contribution in [-0.4, -0.2) is 48.7 Å². The Morgan fingerprint density at radius 2 is 1.64 bits per heavy atom. The molecule has 0 radical (unpaired) electrons. The second-order valence-electron chi connectivity index (χ2n) is 9.59. The van der Waals surface area contributed by atoms with Crippen molar-refractivity contribution in [2.24, 2.45) is 0 Å². The molecule has 4 rings (SSSR count). The van der Waals surface area contributed by atoms with Gasteiger partial charge in [-0.05, 0) is 36.8 Å². The average molecular weight is 540 g/mol. The summed E-state index contributed by atoms with van der Waals surface area (Å²) in [4.78, 5) is 26.2. The highest BCUT2D eigenvalue weighted by molar-refractivity contribution is 5.85. The predicted octanol–water partition coefficient (Wildman–Crippen LogP) is 6.10. The zero-order valence-corrected chi connectivity index (χ0v) is 22.0. The summed E-state index contributed by atoms with van der Waals surface area (Å²) in [6, 6.07) is 14.6. The van der Waals surface area contributed by atoms with Crippen molar-refractivity contribution in [3.8, 4) is 6.07 Å². The van der Waals surface area contributed by atoms with Gasteiger partial charge in [0.25, 0.3) is 0 Å².